The van der Waals surface area contributed by atoms with E-state index in [1.807, 2.05) is 0 Å². The summed E-state index contributed by atoms with van der Waals surface area (Å²) in [4.78, 5) is 10.5. The maximum atomic E-state index is 14.0. The Morgan fingerprint density at radius 3 is 1.81 bits per heavy atom. The van der Waals surface area contributed by atoms with E-state index in [4.69, 9.17) is 0 Å². The number of hydrogen-bond donors (Lipinski definition) is 0. The molecule has 27 heavy (non-hydrogen) atoms. The molecule has 11 heteroatoms. The number of nitrogens with zero attached hydrogens (tertiary/aromatic N) is 2. The number of para-hydroxylation sites is 2. The fourth-order valence-electron chi connectivity index (χ4n) is 2.63. The van der Waals surface area contributed by atoms with Crippen molar-refractivity contribution < 1.29 is 30.4 Å². The second kappa shape index (κ2) is 6.05. The number of imidazole rings is 1. The molecule has 0 bridgehead atoms. The van der Waals surface area contributed by atoms with Crippen LogP contribution >= 0.6 is 0 Å². The summed E-state index contributed by atoms with van der Waals surface area (Å²) in [5, 5.41) is 0. The fraction of sp³-hybridized carbons (Fsp3) is 0.0625. The Morgan fingerprint density at radius 2 is 1.33 bits per heavy atom. The fourth-order valence-corrected chi connectivity index (χ4v) is 4.14. The number of allylic oxidation sites excluding steroid dienone is 1. The van der Waals surface area contributed by atoms with Crippen LogP contribution in [0.5, 0.6) is 0 Å². The van der Waals surface area contributed by atoms with Gasteiger partial charge in [-0.3, -0.25) is 4.57 Å². The van der Waals surface area contributed by atoms with E-state index >= 15 is 0 Å². The second-order valence-corrected chi connectivity index (χ2v) is 7.23. The standard InChI is InChI=1S/C16H9F5N2O3S/c1-7(2)22-8-5-3-4-6-9(8)23(16(22)24)27(25,26)15-13(20)11(18)10(17)12(19)14(15)21/h3-6H,1H2,2H3. The van der Waals surface area contributed by atoms with Crippen LogP contribution in [0.4, 0.5) is 22.0 Å². The first-order valence-electron chi connectivity index (χ1n) is 7.17. The quantitative estimate of drug-likeness (QED) is 0.383. The van der Waals surface area contributed by atoms with E-state index in [0.29, 0.717) is 0 Å². The molecule has 5 nitrogen and oxygen atoms in total. The topological polar surface area (TPSA) is 61.1 Å². The van der Waals surface area contributed by atoms with E-state index < -0.39 is 49.7 Å². The van der Waals surface area contributed by atoms with Gasteiger partial charge >= 0.3 is 5.69 Å². The highest BCUT2D eigenvalue weighted by Crippen LogP contribution is 2.29. The molecule has 0 aliphatic rings. The van der Waals surface area contributed by atoms with Gasteiger partial charge in [-0.15, -0.1) is 0 Å². The molecule has 0 unspecified atom stereocenters. The third kappa shape index (κ3) is 2.49. The maximum Gasteiger partial charge on any atom is 0.347 e. The molecule has 142 valence electrons. The van der Waals surface area contributed by atoms with Crippen molar-refractivity contribution in [2.75, 3.05) is 0 Å². The van der Waals surface area contributed by atoms with Gasteiger partial charge in [0.2, 0.25) is 5.82 Å². The SMILES string of the molecule is C=C(C)n1c(=O)n(S(=O)(=O)c2c(F)c(F)c(F)c(F)c2F)c2ccccc21. The Kier molecular flexibility index (Phi) is 4.22. The van der Waals surface area contributed by atoms with Crippen molar-refractivity contribution in [3.63, 3.8) is 0 Å². The Labute approximate surface area is 148 Å². The summed E-state index contributed by atoms with van der Waals surface area (Å²) < 4.78 is 94.5. The van der Waals surface area contributed by atoms with E-state index in [0.717, 1.165) is 10.6 Å². The van der Waals surface area contributed by atoms with Crippen LogP contribution in [0.25, 0.3) is 16.7 Å². The molecule has 0 aliphatic carbocycles. The lowest BCUT2D eigenvalue weighted by atomic mass is 10.3. The Bertz CT molecular complexity index is 1260. The van der Waals surface area contributed by atoms with Crippen LogP contribution in [-0.2, 0) is 10.0 Å². The molecule has 0 atom stereocenters. The van der Waals surface area contributed by atoms with E-state index in [1.165, 1.54) is 25.1 Å². The van der Waals surface area contributed by atoms with Gasteiger partial charge in [0, 0.05) is 5.70 Å². The highest BCUT2D eigenvalue weighted by atomic mass is 32.2. The normalized spacial score (nSPS) is 11.9. The first-order valence-corrected chi connectivity index (χ1v) is 8.61. The van der Waals surface area contributed by atoms with Crippen molar-refractivity contribution in [3.05, 3.63) is 70.4 Å². The summed E-state index contributed by atoms with van der Waals surface area (Å²) in [5.74, 6) is -12.5. The van der Waals surface area contributed by atoms with Crippen LogP contribution in [0.2, 0.25) is 0 Å². The zero-order valence-electron chi connectivity index (χ0n) is 13.4. The minimum atomic E-state index is -5.49. The number of hydrogen-bond acceptors (Lipinski definition) is 3. The lowest BCUT2D eigenvalue weighted by Crippen LogP contribution is -2.30. The molecule has 3 rings (SSSR count). The second-order valence-electron chi connectivity index (χ2n) is 5.51. The maximum absolute atomic E-state index is 14.0. The molecule has 0 aliphatic heterocycles. The molecule has 0 spiro atoms. The van der Waals surface area contributed by atoms with Crippen molar-refractivity contribution in [2.45, 2.75) is 11.8 Å². The highest BCUT2D eigenvalue weighted by Gasteiger charge is 2.37. The van der Waals surface area contributed by atoms with Gasteiger partial charge in [-0.1, -0.05) is 18.7 Å². The summed E-state index contributed by atoms with van der Waals surface area (Å²) in [6.07, 6.45) is 0. The van der Waals surface area contributed by atoms with E-state index in [1.54, 1.807) is 0 Å². The molecule has 1 aromatic heterocycles. The average Bonchev–Trinajstić information content (AvgIpc) is 2.90. The van der Waals surface area contributed by atoms with Gasteiger partial charge < -0.3 is 0 Å². The van der Waals surface area contributed by atoms with Crippen molar-refractivity contribution in [1.82, 2.24) is 8.54 Å². The number of benzene rings is 2. The van der Waals surface area contributed by atoms with Crippen LogP contribution in [0.1, 0.15) is 6.92 Å². The molecule has 2 aromatic carbocycles. The van der Waals surface area contributed by atoms with Gasteiger partial charge in [-0.05, 0) is 19.1 Å². The van der Waals surface area contributed by atoms with Crippen molar-refractivity contribution in [3.8, 4) is 0 Å². The van der Waals surface area contributed by atoms with Gasteiger partial charge in [0.1, 0.15) is 0 Å². The number of aromatic nitrogens is 2. The molecular formula is C16H9F5N2O3S. The van der Waals surface area contributed by atoms with Gasteiger partial charge in [0.05, 0.1) is 11.0 Å². The van der Waals surface area contributed by atoms with Crippen LogP contribution in [-0.4, -0.2) is 17.0 Å². The Hall–Kier alpha value is -2.95. The average molecular weight is 404 g/mol. The highest BCUT2D eigenvalue weighted by molar-refractivity contribution is 7.90. The summed E-state index contributed by atoms with van der Waals surface area (Å²) in [6.45, 7) is 4.88. The third-order valence-electron chi connectivity index (χ3n) is 3.76. The zero-order valence-corrected chi connectivity index (χ0v) is 14.3. The van der Waals surface area contributed by atoms with Gasteiger partial charge in [0.15, 0.2) is 28.2 Å². The summed E-state index contributed by atoms with van der Waals surface area (Å²) in [6, 6.07) is 5.25. The van der Waals surface area contributed by atoms with Crippen LogP contribution in [0.15, 0.2) is 40.5 Å². The zero-order chi connectivity index (χ0) is 20.3. The Morgan fingerprint density at radius 1 is 0.889 bits per heavy atom. The van der Waals surface area contributed by atoms with Gasteiger partial charge in [-0.25, -0.2) is 35.2 Å². The number of fused-ring (bicyclic) bond motifs is 1. The molecule has 0 fully saturated rings. The minimum absolute atomic E-state index is 0.0162. The lowest BCUT2D eigenvalue weighted by molar-refractivity contribution is 0.357. The van der Waals surface area contributed by atoms with Crippen LogP contribution in [0, 0.1) is 29.1 Å². The van der Waals surface area contributed by atoms with Crippen molar-refractivity contribution in [2.24, 2.45) is 0 Å². The molecule has 0 radical (unpaired) electrons. The van der Waals surface area contributed by atoms with Crippen molar-refractivity contribution in [1.29, 1.82) is 0 Å². The van der Waals surface area contributed by atoms with Gasteiger partial charge in [0.25, 0.3) is 10.0 Å². The third-order valence-corrected chi connectivity index (χ3v) is 5.46. The van der Waals surface area contributed by atoms with E-state index in [-0.39, 0.29) is 20.7 Å². The predicted octanol–water partition coefficient (Wildman–Crippen LogP) is 3.23. The molecule has 1 heterocycles. The summed E-state index contributed by atoms with van der Waals surface area (Å²) in [5.41, 5.74) is -1.54. The predicted molar refractivity (Wildman–Crippen MR) is 86.0 cm³/mol. The lowest BCUT2D eigenvalue weighted by Gasteiger charge is -2.10. The minimum Gasteiger partial charge on any atom is -0.264 e. The monoisotopic (exact) mass is 404 g/mol. The first-order chi connectivity index (χ1) is 12.5. The first kappa shape index (κ1) is 18.8. The number of halogens is 5. The molecule has 0 saturated carbocycles. The van der Waals surface area contributed by atoms with Gasteiger partial charge in [-0.2, -0.15) is 3.97 Å². The molecule has 0 amide bonds. The molecular weight excluding hydrogens is 395 g/mol. The van der Waals surface area contributed by atoms with Crippen molar-refractivity contribution >= 4 is 26.8 Å². The van der Waals surface area contributed by atoms with Crippen LogP contribution in [0.3, 0.4) is 0 Å². The largest absolute Gasteiger partial charge is 0.347 e. The molecule has 0 saturated heterocycles. The molecule has 3 aromatic rings. The van der Waals surface area contributed by atoms with Crippen LogP contribution < -0.4 is 5.69 Å². The molecule has 0 N–H and O–H groups in total. The van der Waals surface area contributed by atoms with E-state index in [2.05, 4.69) is 6.58 Å². The smallest absolute Gasteiger partial charge is 0.264 e. The van der Waals surface area contributed by atoms with E-state index in [9.17, 15) is 35.2 Å². The Balaban J connectivity index is 2.53. The summed E-state index contributed by atoms with van der Waals surface area (Å²) >= 11 is 0. The number of rotatable bonds is 3. The summed E-state index contributed by atoms with van der Waals surface area (Å²) in [7, 11) is -5.49.